The molecule has 0 unspecified atom stereocenters. The number of piperazine rings is 2. The van der Waals surface area contributed by atoms with Gasteiger partial charge in [0, 0.05) is 58.4 Å². The van der Waals surface area contributed by atoms with E-state index >= 15 is 0 Å². The van der Waals surface area contributed by atoms with Crippen molar-refractivity contribution in [3.05, 3.63) is 33.9 Å². The van der Waals surface area contributed by atoms with E-state index in [2.05, 4.69) is 4.90 Å². The first kappa shape index (κ1) is 21.3. The lowest BCUT2D eigenvalue weighted by Gasteiger charge is -2.37. The molecule has 29 heavy (non-hydrogen) atoms. The second kappa shape index (κ2) is 8.54. The summed E-state index contributed by atoms with van der Waals surface area (Å²) in [6, 6.07) is 2.61. The molecule has 2 aliphatic heterocycles. The van der Waals surface area contributed by atoms with Crippen molar-refractivity contribution in [2.24, 2.45) is 0 Å². The van der Waals surface area contributed by atoms with Crippen LogP contribution in [0, 0.1) is 10.1 Å². The molecule has 0 bridgehead atoms. The van der Waals surface area contributed by atoms with Gasteiger partial charge < -0.3 is 14.7 Å². The van der Waals surface area contributed by atoms with Crippen LogP contribution in [0.4, 0.5) is 24.5 Å². The molecular weight excluding hydrogens is 391 g/mol. The zero-order valence-electron chi connectivity index (χ0n) is 16.2. The Morgan fingerprint density at radius 3 is 2.24 bits per heavy atom. The number of carbonyl (C=O) groups is 1. The maximum Gasteiger partial charge on any atom is 0.416 e. The third kappa shape index (κ3) is 5.15. The minimum Gasteiger partial charge on any atom is -0.363 e. The molecule has 0 N–H and O–H groups in total. The second-order valence-corrected chi connectivity index (χ2v) is 7.41. The number of nitrogens with zero attached hydrogens (tertiary/aromatic N) is 5. The lowest BCUT2D eigenvalue weighted by molar-refractivity contribution is -0.384. The van der Waals surface area contributed by atoms with Crippen LogP contribution in [0.1, 0.15) is 5.56 Å². The van der Waals surface area contributed by atoms with E-state index < -0.39 is 22.4 Å². The molecule has 3 rings (SSSR count). The Morgan fingerprint density at radius 1 is 1.07 bits per heavy atom. The van der Waals surface area contributed by atoms with Gasteiger partial charge in [-0.15, -0.1) is 0 Å². The molecule has 11 heteroatoms. The maximum atomic E-state index is 12.9. The van der Waals surface area contributed by atoms with Gasteiger partial charge in [0.2, 0.25) is 5.91 Å². The van der Waals surface area contributed by atoms with Crippen molar-refractivity contribution < 1.29 is 22.9 Å². The number of nitro groups is 1. The first-order valence-electron chi connectivity index (χ1n) is 9.44. The van der Waals surface area contributed by atoms with Crippen LogP contribution >= 0.6 is 0 Å². The normalized spacial score (nSPS) is 19.4. The Labute approximate surface area is 166 Å². The first-order chi connectivity index (χ1) is 13.6. The zero-order valence-corrected chi connectivity index (χ0v) is 16.2. The highest BCUT2D eigenvalue weighted by Gasteiger charge is 2.34. The summed E-state index contributed by atoms with van der Waals surface area (Å²) in [5, 5.41) is 11.3. The van der Waals surface area contributed by atoms with Crippen LogP contribution in [0.2, 0.25) is 0 Å². The van der Waals surface area contributed by atoms with Gasteiger partial charge in [-0.05, 0) is 19.2 Å². The number of hydrogen-bond donors (Lipinski definition) is 0. The van der Waals surface area contributed by atoms with Crippen molar-refractivity contribution in [2.75, 3.05) is 70.9 Å². The van der Waals surface area contributed by atoms with Crippen molar-refractivity contribution in [3.63, 3.8) is 0 Å². The minimum atomic E-state index is -4.63. The van der Waals surface area contributed by atoms with Gasteiger partial charge in [-0.1, -0.05) is 0 Å². The number of halogens is 3. The molecule has 1 amide bonds. The Balaban J connectivity index is 1.60. The summed E-state index contributed by atoms with van der Waals surface area (Å²) in [4.78, 5) is 30.7. The number of hydrogen-bond acceptors (Lipinski definition) is 6. The maximum absolute atomic E-state index is 12.9. The number of benzene rings is 1. The smallest absolute Gasteiger partial charge is 0.363 e. The fraction of sp³-hybridized carbons (Fsp3) is 0.611. The molecular formula is C18H24F3N5O3. The second-order valence-electron chi connectivity index (χ2n) is 7.41. The van der Waals surface area contributed by atoms with Crippen LogP contribution < -0.4 is 4.90 Å². The predicted molar refractivity (Wildman–Crippen MR) is 101 cm³/mol. The number of carbonyl (C=O) groups excluding carboxylic acids is 1. The first-order valence-corrected chi connectivity index (χ1v) is 9.44. The van der Waals surface area contributed by atoms with Gasteiger partial charge in [-0.25, -0.2) is 0 Å². The summed E-state index contributed by atoms with van der Waals surface area (Å²) in [7, 11) is 2.02. The SMILES string of the molecule is CN1CCN(C(=O)CN2CCN(c3ccc(C(F)(F)F)cc3[N+](=O)[O-])CC2)CC1. The lowest BCUT2D eigenvalue weighted by atomic mass is 10.1. The molecule has 1 aromatic rings. The zero-order chi connectivity index (χ0) is 21.2. The van der Waals surface area contributed by atoms with Gasteiger partial charge >= 0.3 is 6.18 Å². The van der Waals surface area contributed by atoms with Crippen LogP contribution in [0.15, 0.2) is 18.2 Å². The fourth-order valence-electron chi connectivity index (χ4n) is 3.61. The number of amides is 1. The third-order valence-electron chi connectivity index (χ3n) is 5.43. The molecule has 8 nitrogen and oxygen atoms in total. The van der Waals surface area contributed by atoms with E-state index in [1.807, 2.05) is 16.8 Å². The summed E-state index contributed by atoms with van der Waals surface area (Å²) in [5.74, 6) is 0.0621. The van der Waals surface area contributed by atoms with Crippen LogP contribution in [-0.2, 0) is 11.0 Å². The van der Waals surface area contributed by atoms with E-state index in [0.717, 1.165) is 25.2 Å². The Bertz CT molecular complexity index is 758. The molecule has 0 aromatic heterocycles. The summed E-state index contributed by atoms with van der Waals surface area (Å²) >= 11 is 0. The molecule has 2 aliphatic rings. The molecule has 0 atom stereocenters. The molecule has 0 saturated carbocycles. The van der Waals surface area contributed by atoms with Crippen LogP contribution in [0.3, 0.4) is 0 Å². The highest BCUT2D eigenvalue weighted by molar-refractivity contribution is 5.78. The largest absolute Gasteiger partial charge is 0.416 e. The molecule has 0 aliphatic carbocycles. The number of alkyl halides is 3. The lowest BCUT2D eigenvalue weighted by Crippen LogP contribution is -2.53. The van der Waals surface area contributed by atoms with Gasteiger partial charge in [0.15, 0.2) is 0 Å². The van der Waals surface area contributed by atoms with E-state index in [0.29, 0.717) is 45.3 Å². The summed E-state index contributed by atoms with van der Waals surface area (Å²) in [6.07, 6.45) is -4.63. The summed E-state index contributed by atoms with van der Waals surface area (Å²) in [5.41, 5.74) is -1.42. The monoisotopic (exact) mass is 415 g/mol. The van der Waals surface area contributed by atoms with Gasteiger partial charge in [-0.2, -0.15) is 13.2 Å². The minimum absolute atomic E-state index is 0.0621. The average Bonchev–Trinajstić information content (AvgIpc) is 2.68. The molecule has 0 spiro atoms. The van der Waals surface area contributed by atoms with Crippen molar-refractivity contribution in [3.8, 4) is 0 Å². The van der Waals surface area contributed by atoms with Gasteiger partial charge in [0.05, 0.1) is 17.0 Å². The highest BCUT2D eigenvalue weighted by atomic mass is 19.4. The number of likely N-dealkylation sites (N-methyl/N-ethyl adjacent to an activating group) is 1. The van der Waals surface area contributed by atoms with Gasteiger partial charge in [0.25, 0.3) is 5.69 Å². The van der Waals surface area contributed by atoms with E-state index in [1.54, 1.807) is 4.90 Å². The molecule has 2 heterocycles. The summed E-state index contributed by atoms with van der Waals surface area (Å²) < 4.78 is 38.6. The van der Waals surface area contributed by atoms with E-state index in [-0.39, 0.29) is 18.1 Å². The number of anilines is 1. The Hall–Kier alpha value is -2.40. The molecule has 0 radical (unpaired) electrons. The van der Waals surface area contributed by atoms with Crippen LogP contribution in [0.5, 0.6) is 0 Å². The standard InChI is InChI=1S/C18H24F3N5O3/c1-22-4-8-25(9-5-22)17(27)13-23-6-10-24(11-7-23)15-3-2-14(18(19,20)21)12-16(15)26(28)29/h2-3,12H,4-11,13H2,1H3. The highest BCUT2D eigenvalue weighted by Crippen LogP contribution is 2.36. The number of nitro benzene ring substituents is 1. The number of rotatable bonds is 4. The van der Waals surface area contributed by atoms with Gasteiger partial charge in [0.1, 0.15) is 5.69 Å². The average molecular weight is 415 g/mol. The van der Waals surface area contributed by atoms with Crippen LogP contribution in [-0.4, -0.2) is 91.5 Å². The van der Waals surface area contributed by atoms with Crippen molar-refractivity contribution >= 4 is 17.3 Å². The van der Waals surface area contributed by atoms with E-state index in [1.165, 1.54) is 0 Å². The molecule has 1 aromatic carbocycles. The Kier molecular flexibility index (Phi) is 6.27. The van der Waals surface area contributed by atoms with Crippen molar-refractivity contribution in [1.29, 1.82) is 0 Å². The summed E-state index contributed by atoms with van der Waals surface area (Å²) in [6.45, 7) is 5.21. The Morgan fingerprint density at radius 2 is 1.69 bits per heavy atom. The van der Waals surface area contributed by atoms with E-state index in [9.17, 15) is 28.1 Å². The predicted octanol–water partition coefficient (Wildman–Crippen LogP) is 1.51. The molecule has 2 saturated heterocycles. The van der Waals surface area contributed by atoms with Crippen molar-refractivity contribution in [2.45, 2.75) is 6.18 Å². The van der Waals surface area contributed by atoms with Gasteiger partial charge in [-0.3, -0.25) is 19.8 Å². The third-order valence-corrected chi connectivity index (χ3v) is 5.43. The molecule has 2 fully saturated rings. The van der Waals surface area contributed by atoms with Crippen molar-refractivity contribution in [1.82, 2.24) is 14.7 Å². The quantitative estimate of drug-likeness (QED) is 0.548. The van der Waals surface area contributed by atoms with E-state index in [4.69, 9.17) is 0 Å². The van der Waals surface area contributed by atoms with Crippen LogP contribution in [0.25, 0.3) is 0 Å². The topological polar surface area (TPSA) is 73.2 Å². The fourth-order valence-corrected chi connectivity index (χ4v) is 3.61. The molecule has 160 valence electrons.